The third kappa shape index (κ3) is 3.66. The maximum absolute atomic E-state index is 6.20. The normalized spacial score (nSPS) is 12.4. The van der Waals surface area contributed by atoms with Crippen LogP contribution in [0.2, 0.25) is 10.0 Å². The van der Waals surface area contributed by atoms with Crippen molar-refractivity contribution in [2.75, 3.05) is 0 Å². The van der Waals surface area contributed by atoms with Gasteiger partial charge < -0.3 is 5.32 Å². The summed E-state index contributed by atoms with van der Waals surface area (Å²) in [5.74, 6) is 0.771. The Balaban J connectivity index is 2.05. The van der Waals surface area contributed by atoms with Gasteiger partial charge in [0.15, 0.2) is 0 Å². The van der Waals surface area contributed by atoms with Gasteiger partial charge in [-0.1, -0.05) is 35.3 Å². The van der Waals surface area contributed by atoms with Gasteiger partial charge in [-0.2, -0.15) is 0 Å². The molecule has 0 radical (unpaired) electrons. The first kappa shape index (κ1) is 14.3. The van der Waals surface area contributed by atoms with Crippen molar-refractivity contribution in [3.05, 3.63) is 57.6 Å². The van der Waals surface area contributed by atoms with E-state index in [4.69, 9.17) is 23.2 Å². The van der Waals surface area contributed by atoms with E-state index in [9.17, 15) is 0 Å². The van der Waals surface area contributed by atoms with Crippen LogP contribution < -0.4 is 5.32 Å². The molecule has 100 valence electrons. The molecule has 1 N–H and O–H groups in total. The molecule has 0 saturated carbocycles. The average Bonchev–Trinajstić information content (AvgIpc) is 2.39. The number of nitrogens with zero attached hydrogens (tertiary/aromatic N) is 2. The molecule has 0 spiro atoms. The summed E-state index contributed by atoms with van der Waals surface area (Å²) in [6.45, 7) is 4.58. The van der Waals surface area contributed by atoms with Gasteiger partial charge in [-0.3, -0.25) is 0 Å². The molecule has 2 rings (SSSR count). The van der Waals surface area contributed by atoms with Gasteiger partial charge in [0.1, 0.15) is 5.82 Å². The van der Waals surface area contributed by atoms with Gasteiger partial charge in [0.25, 0.3) is 0 Å². The van der Waals surface area contributed by atoms with E-state index in [2.05, 4.69) is 15.3 Å². The van der Waals surface area contributed by atoms with Crippen molar-refractivity contribution in [1.82, 2.24) is 15.3 Å². The lowest BCUT2D eigenvalue weighted by atomic mass is 10.1. The molecule has 0 fully saturated rings. The van der Waals surface area contributed by atoms with E-state index in [-0.39, 0.29) is 6.04 Å². The quantitative estimate of drug-likeness (QED) is 0.928. The van der Waals surface area contributed by atoms with Gasteiger partial charge in [-0.05, 0) is 31.5 Å². The van der Waals surface area contributed by atoms with Crippen LogP contribution in [0.25, 0.3) is 0 Å². The van der Waals surface area contributed by atoms with Gasteiger partial charge in [-0.25, -0.2) is 9.97 Å². The molecular weight excluding hydrogens is 281 g/mol. The second-order valence-electron chi connectivity index (χ2n) is 4.34. The van der Waals surface area contributed by atoms with E-state index in [0.717, 1.165) is 17.1 Å². The molecule has 0 aliphatic rings. The Morgan fingerprint density at radius 3 is 2.79 bits per heavy atom. The number of nitrogens with one attached hydrogen (secondary N) is 1. The molecule has 5 heteroatoms. The molecule has 1 heterocycles. The van der Waals surface area contributed by atoms with Crippen LogP contribution in [0.3, 0.4) is 0 Å². The summed E-state index contributed by atoms with van der Waals surface area (Å²) >= 11 is 12.2. The molecule has 1 aromatic carbocycles. The van der Waals surface area contributed by atoms with E-state index < -0.39 is 0 Å². The lowest BCUT2D eigenvalue weighted by molar-refractivity contribution is 0.566. The van der Waals surface area contributed by atoms with E-state index >= 15 is 0 Å². The SMILES string of the molecule is Cc1nccc(CNC(C)c2cccc(Cl)c2Cl)n1. The molecule has 0 aliphatic carbocycles. The van der Waals surface area contributed by atoms with E-state index in [1.54, 1.807) is 12.3 Å². The Kier molecular flexibility index (Phi) is 4.75. The van der Waals surface area contributed by atoms with Crippen LogP contribution in [-0.2, 0) is 6.54 Å². The number of hydrogen-bond acceptors (Lipinski definition) is 3. The molecule has 0 amide bonds. The van der Waals surface area contributed by atoms with Crippen LogP contribution in [0.5, 0.6) is 0 Å². The van der Waals surface area contributed by atoms with E-state index in [0.29, 0.717) is 16.6 Å². The highest BCUT2D eigenvalue weighted by atomic mass is 35.5. The Bertz CT molecular complexity index is 572. The second kappa shape index (κ2) is 6.33. The molecule has 0 bridgehead atoms. The van der Waals surface area contributed by atoms with Crippen molar-refractivity contribution in [3.8, 4) is 0 Å². The molecule has 1 atom stereocenters. The Morgan fingerprint density at radius 1 is 1.26 bits per heavy atom. The molecule has 1 unspecified atom stereocenters. The standard InChI is InChI=1S/C14H15Cl2N3/c1-9(12-4-3-5-13(15)14(12)16)18-8-11-6-7-17-10(2)19-11/h3-7,9,18H,8H2,1-2H3. The van der Waals surface area contributed by atoms with Gasteiger partial charge in [0.05, 0.1) is 15.7 Å². The molecule has 0 aliphatic heterocycles. The van der Waals surface area contributed by atoms with Crippen LogP contribution in [-0.4, -0.2) is 9.97 Å². The summed E-state index contributed by atoms with van der Waals surface area (Å²) in [6, 6.07) is 7.65. The Morgan fingerprint density at radius 2 is 2.05 bits per heavy atom. The van der Waals surface area contributed by atoms with Crippen molar-refractivity contribution < 1.29 is 0 Å². The maximum Gasteiger partial charge on any atom is 0.125 e. The van der Waals surface area contributed by atoms with Crippen LogP contribution in [0.15, 0.2) is 30.5 Å². The third-order valence-electron chi connectivity index (χ3n) is 2.87. The minimum absolute atomic E-state index is 0.0986. The fourth-order valence-corrected chi connectivity index (χ4v) is 2.30. The van der Waals surface area contributed by atoms with Crippen LogP contribution in [0.4, 0.5) is 0 Å². The summed E-state index contributed by atoms with van der Waals surface area (Å²) < 4.78 is 0. The highest BCUT2D eigenvalue weighted by molar-refractivity contribution is 6.42. The summed E-state index contributed by atoms with van der Waals surface area (Å²) in [5.41, 5.74) is 1.94. The topological polar surface area (TPSA) is 37.8 Å². The van der Waals surface area contributed by atoms with Crippen LogP contribution >= 0.6 is 23.2 Å². The van der Waals surface area contributed by atoms with Gasteiger partial charge in [0, 0.05) is 18.8 Å². The first-order valence-corrected chi connectivity index (χ1v) is 6.79. The van der Waals surface area contributed by atoms with Crippen molar-refractivity contribution in [3.63, 3.8) is 0 Å². The number of aryl methyl sites for hydroxylation is 1. The van der Waals surface area contributed by atoms with Gasteiger partial charge in [0.2, 0.25) is 0 Å². The smallest absolute Gasteiger partial charge is 0.125 e. The first-order chi connectivity index (χ1) is 9.08. The minimum Gasteiger partial charge on any atom is -0.305 e. The van der Waals surface area contributed by atoms with E-state index in [1.807, 2.05) is 32.0 Å². The zero-order valence-electron chi connectivity index (χ0n) is 10.8. The van der Waals surface area contributed by atoms with Crippen LogP contribution in [0, 0.1) is 6.92 Å². The number of hydrogen-bond donors (Lipinski definition) is 1. The Hall–Kier alpha value is -1.16. The van der Waals surface area contributed by atoms with E-state index in [1.165, 1.54) is 0 Å². The number of halogens is 2. The summed E-state index contributed by atoms with van der Waals surface area (Å²) in [5, 5.41) is 4.55. The summed E-state index contributed by atoms with van der Waals surface area (Å²) in [7, 11) is 0. The van der Waals surface area contributed by atoms with Crippen molar-refractivity contribution in [2.24, 2.45) is 0 Å². The zero-order valence-corrected chi connectivity index (χ0v) is 12.3. The van der Waals surface area contributed by atoms with Gasteiger partial charge >= 0.3 is 0 Å². The van der Waals surface area contributed by atoms with Crippen molar-refractivity contribution in [2.45, 2.75) is 26.4 Å². The maximum atomic E-state index is 6.20. The molecular formula is C14H15Cl2N3. The number of benzene rings is 1. The molecule has 3 nitrogen and oxygen atoms in total. The summed E-state index contributed by atoms with van der Waals surface area (Å²) in [6.07, 6.45) is 1.76. The number of aromatic nitrogens is 2. The zero-order chi connectivity index (χ0) is 13.8. The predicted molar refractivity (Wildman–Crippen MR) is 78.5 cm³/mol. The number of rotatable bonds is 4. The first-order valence-electron chi connectivity index (χ1n) is 6.03. The minimum atomic E-state index is 0.0986. The van der Waals surface area contributed by atoms with Crippen molar-refractivity contribution >= 4 is 23.2 Å². The average molecular weight is 296 g/mol. The van der Waals surface area contributed by atoms with Crippen molar-refractivity contribution in [1.29, 1.82) is 0 Å². The molecule has 0 saturated heterocycles. The largest absolute Gasteiger partial charge is 0.305 e. The summed E-state index contributed by atoms with van der Waals surface area (Å²) in [4.78, 5) is 8.42. The molecule has 1 aromatic heterocycles. The second-order valence-corrected chi connectivity index (χ2v) is 5.13. The fourth-order valence-electron chi connectivity index (χ4n) is 1.83. The van der Waals surface area contributed by atoms with Crippen LogP contribution in [0.1, 0.15) is 30.0 Å². The lowest BCUT2D eigenvalue weighted by Crippen LogP contribution is -2.19. The molecule has 2 aromatic rings. The highest BCUT2D eigenvalue weighted by Crippen LogP contribution is 2.29. The monoisotopic (exact) mass is 295 g/mol. The molecule has 19 heavy (non-hydrogen) atoms. The lowest BCUT2D eigenvalue weighted by Gasteiger charge is -2.16. The predicted octanol–water partition coefficient (Wildman–Crippen LogP) is 3.94. The highest BCUT2D eigenvalue weighted by Gasteiger charge is 2.11. The van der Waals surface area contributed by atoms with Gasteiger partial charge in [-0.15, -0.1) is 0 Å². The fraction of sp³-hybridized carbons (Fsp3) is 0.286. The third-order valence-corrected chi connectivity index (χ3v) is 3.70. The Labute approximate surface area is 123 Å².